The summed E-state index contributed by atoms with van der Waals surface area (Å²) in [5.74, 6) is -0.315. The summed E-state index contributed by atoms with van der Waals surface area (Å²) >= 11 is 0. The molecule has 0 saturated carbocycles. The lowest BCUT2D eigenvalue weighted by atomic mass is 10.1. The van der Waals surface area contributed by atoms with Gasteiger partial charge in [0.05, 0.1) is 34.4 Å². The van der Waals surface area contributed by atoms with Gasteiger partial charge in [-0.1, -0.05) is 186 Å². The van der Waals surface area contributed by atoms with Crippen LogP contribution in [0.15, 0.2) is 24.3 Å². The molecule has 0 heterocycles. The van der Waals surface area contributed by atoms with E-state index in [2.05, 4.69) is 38.2 Å². The maximum atomic E-state index is 12.7. The van der Waals surface area contributed by atoms with Gasteiger partial charge in [-0.15, -0.1) is 0 Å². The van der Waals surface area contributed by atoms with Crippen LogP contribution in [0.2, 0.25) is 0 Å². The zero-order chi connectivity index (χ0) is 43.4. The highest BCUT2D eigenvalue weighted by Crippen LogP contribution is 2.43. The first-order valence-corrected chi connectivity index (χ1v) is 26.6. The SMILES string of the molecule is CCCCCCCC/C=C\CCCCCCCCCCCCOCC(COP(=O)(O)OCC[N+](C)(C)C)OC(=O)CCCCCCCCC/C=C\CCCCCCCC. The van der Waals surface area contributed by atoms with Crippen LogP contribution >= 0.6 is 7.82 Å². The van der Waals surface area contributed by atoms with Gasteiger partial charge in [0.15, 0.2) is 0 Å². The second kappa shape index (κ2) is 43.6. The van der Waals surface area contributed by atoms with Crippen LogP contribution in [0, 0.1) is 0 Å². The third kappa shape index (κ3) is 47.9. The average Bonchev–Trinajstić information content (AvgIpc) is 3.19. The van der Waals surface area contributed by atoms with E-state index in [4.69, 9.17) is 18.5 Å². The Bertz CT molecular complexity index is 998. The molecule has 8 nitrogen and oxygen atoms in total. The van der Waals surface area contributed by atoms with Crippen LogP contribution in [0.3, 0.4) is 0 Å². The van der Waals surface area contributed by atoms with Gasteiger partial charge in [0, 0.05) is 13.0 Å². The standard InChI is InChI=1S/C50H98NO7P/c1-6-8-10-12-14-16-18-20-22-24-25-26-28-30-32-34-36-38-40-42-45-55-47-49(48-57-59(53,54)56-46-44-51(3,4)5)58-50(52)43-41-39-37-35-33-31-29-27-23-21-19-17-15-13-11-9-7-2/h20-23,49H,6-19,24-48H2,1-5H3/p+1/b22-20-,23-21-. The molecule has 0 rings (SSSR count). The highest BCUT2D eigenvalue weighted by Gasteiger charge is 2.26. The number of ether oxygens (including phenoxy) is 2. The molecule has 0 aromatic rings. The summed E-state index contributed by atoms with van der Waals surface area (Å²) in [4.78, 5) is 23.0. The number of carbonyl (C=O) groups excluding carboxylic acids is 1. The molecule has 9 heteroatoms. The highest BCUT2D eigenvalue weighted by molar-refractivity contribution is 7.47. The van der Waals surface area contributed by atoms with Crippen LogP contribution < -0.4 is 0 Å². The zero-order valence-corrected chi connectivity index (χ0v) is 40.6. The minimum atomic E-state index is -4.28. The zero-order valence-electron chi connectivity index (χ0n) is 39.8. The summed E-state index contributed by atoms with van der Waals surface area (Å²) in [6.07, 6.45) is 50.7. The second-order valence-electron chi connectivity index (χ2n) is 18.2. The van der Waals surface area contributed by atoms with Gasteiger partial charge < -0.3 is 18.9 Å². The molecule has 0 radical (unpaired) electrons. The number of esters is 1. The summed E-state index contributed by atoms with van der Waals surface area (Å²) in [6, 6.07) is 0. The lowest BCUT2D eigenvalue weighted by molar-refractivity contribution is -0.870. The van der Waals surface area contributed by atoms with E-state index in [9.17, 15) is 14.3 Å². The maximum Gasteiger partial charge on any atom is 0.472 e. The van der Waals surface area contributed by atoms with Gasteiger partial charge in [0.1, 0.15) is 19.3 Å². The second-order valence-corrected chi connectivity index (χ2v) is 19.6. The van der Waals surface area contributed by atoms with E-state index in [0.717, 1.165) is 32.1 Å². The Balaban J connectivity index is 4.14. The molecule has 0 aliphatic carbocycles. The highest BCUT2D eigenvalue weighted by atomic mass is 31.2. The molecule has 0 aliphatic rings. The Hall–Kier alpha value is -1.02. The molecule has 0 aromatic carbocycles. The fourth-order valence-electron chi connectivity index (χ4n) is 7.07. The molecule has 2 unspecified atom stereocenters. The van der Waals surface area contributed by atoms with Crippen molar-refractivity contribution in [3.63, 3.8) is 0 Å². The molecule has 0 fully saturated rings. The maximum absolute atomic E-state index is 12.7. The van der Waals surface area contributed by atoms with Gasteiger partial charge in [-0.05, 0) is 64.2 Å². The van der Waals surface area contributed by atoms with Crippen molar-refractivity contribution in [2.45, 2.75) is 238 Å². The first kappa shape index (κ1) is 58.0. The molecule has 350 valence electrons. The summed E-state index contributed by atoms with van der Waals surface area (Å²) in [6.45, 7) is 5.64. The third-order valence-corrected chi connectivity index (χ3v) is 12.0. The minimum absolute atomic E-state index is 0.0891. The van der Waals surface area contributed by atoms with Crippen molar-refractivity contribution in [2.24, 2.45) is 0 Å². The Morgan fingerprint density at radius 3 is 1.29 bits per heavy atom. The molecular weight excluding hydrogens is 758 g/mol. The number of hydrogen-bond acceptors (Lipinski definition) is 6. The lowest BCUT2D eigenvalue weighted by Crippen LogP contribution is -2.37. The Morgan fingerprint density at radius 1 is 0.508 bits per heavy atom. The number of nitrogens with zero attached hydrogens (tertiary/aromatic N) is 1. The molecular formula is C50H99NO7P+. The number of rotatable bonds is 47. The first-order chi connectivity index (χ1) is 28.6. The molecule has 59 heavy (non-hydrogen) atoms. The van der Waals surface area contributed by atoms with E-state index in [1.165, 1.54) is 180 Å². The fourth-order valence-corrected chi connectivity index (χ4v) is 7.81. The van der Waals surface area contributed by atoms with E-state index < -0.39 is 13.9 Å². The van der Waals surface area contributed by atoms with Gasteiger partial charge in [0.2, 0.25) is 0 Å². The smallest absolute Gasteiger partial charge is 0.457 e. The summed E-state index contributed by atoms with van der Waals surface area (Å²) in [7, 11) is 1.67. The van der Waals surface area contributed by atoms with Crippen molar-refractivity contribution in [3.8, 4) is 0 Å². The topological polar surface area (TPSA) is 91.3 Å². The van der Waals surface area contributed by atoms with Crippen molar-refractivity contribution in [3.05, 3.63) is 24.3 Å². The van der Waals surface area contributed by atoms with Crippen LogP contribution in [0.4, 0.5) is 0 Å². The third-order valence-electron chi connectivity index (χ3n) is 11.0. The van der Waals surface area contributed by atoms with Gasteiger partial charge in [-0.2, -0.15) is 0 Å². The lowest BCUT2D eigenvalue weighted by Gasteiger charge is -2.24. The predicted molar refractivity (Wildman–Crippen MR) is 252 cm³/mol. The quantitative estimate of drug-likeness (QED) is 0.0214. The van der Waals surface area contributed by atoms with Crippen molar-refractivity contribution >= 4 is 13.8 Å². The summed E-state index contributed by atoms with van der Waals surface area (Å²) in [5, 5.41) is 0. The van der Waals surface area contributed by atoms with Gasteiger partial charge in [0.25, 0.3) is 0 Å². The molecule has 0 bridgehead atoms. The summed E-state index contributed by atoms with van der Waals surface area (Å²) < 4.78 is 35.1. The molecule has 2 atom stereocenters. The molecule has 0 amide bonds. The number of phosphoric ester groups is 1. The number of likely N-dealkylation sites (N-methyl/N-ethyl adjacent to an activating group) is 1. The van der Waals surface area contributed by atoms with E-state index in [1.54, 1.807) is 0 Å². The Kier molecular flexibility index (Phi) is 42.9. The average molecular weight is 857 g/mol. The van der Waals surface area contributed by atoms with E-state index in [-0.39, 0.29) is 25.8 Å². The fraction of sp³-hybridized carbons (Fsp3) is 0.900. The van der Waals surface area contributed by atoms with Crippen LogP contribution in [-0.2, 0) is 27.9 Å². The number of hydrogen-bond donors (Lipinski definition) is 1. The van der Waals surface area contributed by atoms with Crippen molar-refractivity contribution in [2.75, 3.05) is 54.1 Å². The number of allylic oxidation sites excluding steroid dienone is 4. The van der Waals surface area contributed by atoms with Gasteiger partial charge in [-0.3, -0.25) is 13.8 Å². The van der Waals surface area contributed by atoms with Crippen molar-refractivity contribution in [1.29, 1.82) is 0 Å². The van der Waals surface area contributed by atoms with Crippen molar-refractivity contribution in [1.82, 2.24) is 0 Å². The molecule has 0 aromatic heterocycles. The number of quaternary nitrogens is 1. The van der Waals surface area contributed by atoms with Crippen LogP contribution in [-0.4, -0.2) is 75.6 Å². The van der Waals surface area contributed by atoms with Crippen molar-refractivity contribution < 1.29 is 37.3 Å². The minimum Gasteiger partial charge on any atom is -0.457 e. The van der Waals surface area contributed by atoms with Gasteiger partial charge >= 0.3 is 13.8 Å². The summed E-state index contributed by atoms with van der Waals surface area (Å²) in [5.41, 5.74) is 0. The largest absolute Gasteiger partial charge is 0.472 e. The van der Waals surface area contributed by atoms with E-state index in [0.29, 0.717) is 24.1 Å². The van der Waals surface area contributed by atoms with Crippen LogP contribution in [0.5, 0.6) is 0 Å². The van der Waals surface area contributed by atoms with E-state index >= 15 is 0 Å². The number of unbranched alkanes of at least 4 members (excludes halogenated alkanes) is 29. The Labute approximate surface area is 366 Å². The number of phosphoric acid groups is 1. The monoisotopic (exact) mass is 857 g/mol. The van der Waals surface area contributed by atoms with Gasteiger partial charge in [-0.25, -0.2) is 4.57 Å². The molecule has 0 saturated heterocycles. The first-order valence-electron chi connectivity index (χ1n) is 25.1. The molecule has 0 spiro atoms. The normalized spacial score (nSPS) is 13.8. The van der Waals surface area contributed by atoms with Crippen LogP contribution in [0.1, 0.15) is 232 Å². The molecule has 1 N–H and O–H groups in total. The van der Waals surface area contributed by atoms with E-state index in [1.807, 2.05) is 21.1 Å². The number of carbonyl (C=O) groups is 1. The Morgan fingerprint density at radius 2 is 0.881 bits per heavy atom. The predicted octanol–water partition coefficient (Wildman–Crippen LogP) is 15.2. The molecule has 0 aliphatic heterocycles. The van der Waals surface area contributed by atoms with Crippen LogP contribution in [0.25, 0.3) is 0 Å².